The first-order chi connectivity index (χ1) is 11.2. The van der Waals surface area contributed by atoms with E-state index in [0.29, 0.717) is 10.00 Å². The summed E-state index contributed by atoms with van der Waals surface area (Å²) >= 11 is 4.08. The van der Waals surface area contributed by atoms with Gasteiger partial charge < -0.3 is 4.90 Å². The van der Waals surface area contributed by atoms with E-state index in [9.17, 15) is 0 Å². The van der Waals surface area contributed by atoms with Gasteiger partial charge in [0, 0.05) is 9.64 Å². The number of hydrogen-bond acceptors (Lipinski definition) is 3. The molecule has 2 aliphatic heterocycles. The second-order valence-electron chi connectivity index (χ2n) is 6.62. The molecule has 120 valence electrons. The largest absolute Gasteiger partial charge is 0.306 e. The summed E-state index contributed by atoms with van der Waals surface area (Å²) in [6, 6.07) is 18.1. The molecule has 2 aliphatic rings. The van der Waals surface area contributed by atoms with Crippen LogP contribution in [-0.2, 0) is 4.75 Å². The third kappa shape index (κ3) is 2.63. The SMILES string of the molecule is CSc1ccccc1C1SC2(CCN(C)CC2)c2ccccc21. The van der Waals surface area contributed by atoms with E-state index in [1.807, 2.05) is 11.8 Å². The quantitative estimate of drug-likeness (QED) is 0.694. The number of likely N-dealkylation sites (tertiary alicyclic amines) is 1. The highest BCUT2D eigenvalue weighted by atomic mass is 32.2. The Morgan fingerprint density at radius 2 is 1.65 bits per heavy atom. The average Bonchev–Trinajstić information content (AvgIpc) is 2.92. The highest BCUT2D eigenvalue weighted by Crippen LogP contribution is 2.61. The summed E-state index contributed by atoms with van der Waals surface area (Å²) < 4.78 is 0.319. The summed E-state index contributed by atoms with van der Waals surface area (Å²) in [5, 5.41) is 0.484. The van der Waals surface area contributed by atoms with Crippen molar-refractivity contribution in [2.75, 3.05) is 26.4 Å². The summed E-state index contributed by atoms with van der Waals surface area (Å²) in [7, 11) is 2.25. The number of piperidine rings is 1. The van der Waals surface area contributed by atoms with Gasteiger partial charge >= 0.3 is 0 Å². The van der Waals surface area contributed by atoms with Crippen molar-refractivity contribution in [1.29, 1.82) is 0 Å². The number of fused-ring (bicyclic) bond motifs is 2. The van der Waals surface area contributed by atoms with Gasteiger partial charge in [0.1, 0.15) is 0 Å². The Balaban J connectivity index is 1.79. The smallest absolute Gasteiger partial charge is 0.0569 e. The lowest BCUT2D eigenvalue weighted by Crippen LogP contribution is -2.37. The van der Waals surface area contributed by atoms with Crippen LogP contribution >= 0.6 is 23.5 Å². The molecule has 1 fully saturated rings. The van der Waals surface area contributed by atoms with Gasteiger partial charge in [-0.15, -0.1) is 23.5 Å². The third-order valence-corrected chi connectivity index (χ3v) is 7.93. The minimum absolute atomic E-state index is 0.319. The van der Waals surface area contributed by atoms with Crippen molar-refractivity contribution in [1.82, 2.24) is 4.90 Å². The molecule has 4 rings (SSSR count). The summed E-state index contributed by atoms with van der Waals surface area (Å²) in [5.74, 6) is 0. The molecule has 1 spiro atoms. The van der Waals surface area contributed by atoms with Gasteiger partial charge in [0.15, 0.2) is 0 Å². The summed E-state index contributed by atoms with van der Waals surface area (Å²) in [5.41, 5.74) is 4.64. The van der Waals surface area contributed by atoms with Crippen LogP contribution in [-0.4, -0.2) is 31.3 Å². The molecule has 0 saturated carbocycles. The lowest BCUT2D eigenvalue weighted by atomic mass is 9.84. The van der Waals surface area contributed by atoms with Crippen molar-refractivity contribution in [2.24, 2.45) is 0 Å². The first-order valence-corrected chi connectivity index (χ1v) is 10.4. The van der Waals surface area contributed by atoms with Crippen LogP contribution in [0.15, 0.2) is 53.4 Å². The van der Waals surface area contributed by atoms with Crippen LogP contribution in [0.5, 0.6) is 0 Å². The van der Waals surface area contributed by atoms with Crippen LogP contribution in [0.1, 0.15) is 34.8 Å². The summed E-state index contributed by atoms with van der Waals surface area (Å²) in [4.78, 5) is 3.89. The second kappa shape index (κ2) is 6.19. The van der Waals surface area contributed by atoms with Gasteiger partial charge in [-0.3, -0.25) is 0 Å². The van der Waals surface area contributed by atoms with Gasteiger partial charge in [0.05, 0.1) is 5.25 Å². The molecule has 1 atom stereocenters. The average molecular weight is 342 g/mol. The molecule has 3 heteroatoms. The van der Waals surface area contributed by atoms with E-state index in [1.54, 1.807) is 11.1 Å². The van der Waals surface area contributed by atoms with Gasteiger partial charge in [-0.1, -0.05) is 42.5 Å². The van der Waals surface area contributed by atoms with Gasteiger partial charge in [0.2, 0.25) is 0 Å². The monoisotopic (exact) mass is 341 g/mol. The predicted molar refractivity (Wildman–Crippen MR) is 103 cm³/mol. The first kappa shape index (κ1) is 15.6. The molecule has 0 aromatic heterocycles. The second-order valence-corrected chi connectivity index (χ2v) is 8.96. The molecular weight excluding hydrogens is 318 g/mol. The third-order valence-electron chi connectivity index (χ3n) is 5.29. The zero-order valence-corrected chi connectivity index (χ0v) is 15.4. The van der Waals surface area contributed by atoms with E-state index in [1.165, 1.54) is 36.4 Å². The molecule has 2 aromatic rings. The van der Waals surface area contributed by atoms with Crippen molar-refractivity contribution < 1.29 is 0 Å². The maximum Gasteiger partial charge on any atom is 0.0569 e. The van der Waals surface area contributed by atoms with E-state index in [2.05, 4.69) is 78.5 Å². The van der Waals surface area contributed by atoms with Gasteiger partial charge in [-0.2, -0.15) is 0 Å². The van der Waals surface area contributed by atoms with E-state index in [0.717, 1.165) is 0 Å². The molecule has 0 amide bonds. The van der Waals surface area contributed by atoms with Crippen LogP contribution in [0.2, 0.25) is 0 Å². The normalized spacial score (nSPS) is 23.1. The lowest BCUT2D eigenvalue weighted by molar-refractivity contribution is 0.241. The van der Waals surface area contributed by atoms with E-state index >= 15 is 0 Å². The Labute approximate surface area is 147 Å². The van der Waals surface area contributed by atoms with E-state index in [4.69, 9.17) is 0 Å². The maximum atomic E-state index is 2.47. The highest BCUT2D eigenvalue weighted by Gasteiger charge is 2.46. The Hall–Kier alpha value is -0.900. The zero-order chi connectivity index (χ0) is 15.9. The maximum absolute atomic E-state index is 2.47. The minimum atomic E-state index is 0.319. The van der Waals surface area contributed by atoms with Crippen molar-refractivity contribution in [3.05, 3.63) is 65.2 Å². The molecule has 0 N–H and O–H groups in total. The van der Waals surface area contributed by atoms with Crippen LogP contribution in [0.4, 0.5) is 0 Å². The molecular formula is C20H23NS2. The number of nitrogens with zero attached hydrogens (tertiary/aromatic N) is 1. The highest BCUT2D eigenvalue weighted by molar-refractivity contribution is 8.01. The Morgan fingerprint density at radius 3 is 2.39 bits per heavy atom. The standard InChI is InChI=1S/C20H23NS2/c1-21-13-11-20(12-14-21)17-9-5-3-7-15(17)19(23-20)16-8-4-6-10-18(16)22-2/h3-10,19H,11-14H2,1-2H3. The molecule has 1 unspecified atom stereocenters. The number of rotatable bonds is 2. The molecule has 2 heterocycles. The predicted octanol–water partition coefficient (Wildman–Crippen LogP) is 5.17. The van der Waals surface area contributed by atoms with Crippen LogP contribution < -0.4 is 0 Å². The number of thioether (sulfide) groups is 2. The van der Waals surface area contributed by atoms with Gasteiger partial charge in [-0.25, -0.2) is 0 Å². The fourth-order valence-corrected chi connectivity index (χ4v) is 6.53. The first-order valence-electron chi connectivity index (χ1n) is 8.32. The zero-order valence-electron chi connectivity index (χ0n) is 13.8. The molecule has 23 heavy (non-hydrogen) atoms. The van der Waals surface area contributed by atoms with E-state index < -0.39 is 0 Å². The summed E-state index contributed by atoms with van der Waals surface area (Å²) in [6.45, 7) is 2.41. The molecule has 2 aromatic carbocycles. The number of hydrogen-bond donors (Lipinski definition) is 0. The molecule has 0 bridgehead atoms. The molecule has 0 aliphatic carbocycles. The topological polar surface area (TPSA) is 3.24 Å². The summed E-state index contributed by atoms with van der Waals surface area (Å²) in [6.07, 6.45) is 4.72. The Kier molecular flexibility index (Phi) is 4.21. The van der Waals surface area contributed by atoms with Crippen LogP contribution in [0, 0.1) is 0 Å². The van der Waals surface area contributed by atoms with Crippen molar-refractivity contribution in [3.63, 3.8) is 0 Å². The fourth-order valence-electron chi connectivity index (χ4n) is 3.97. The van der Waals surface area contributed by atoms with Crippen molar-refractivity contribution >= 4 is 23.5 Å². The van der Waals surface area contributed by atoms with Crippen LogP contribution in [0.25, 0.3) is 0 Å². The Morgan fingerprint density at radius 1 is 1.00 bits per heavy atom. The van der Waals surface area contributed by atoms with Crippen LogP contribution in [0.3, 0.4) is 0 Å². The van der Waals surface area contributed by atoms with Gasteiger partial charge in [0.25, 0.3) is 0 Å². The minimum Gasteiger partial charge on any atom is -0.306 e. The molecule has 0 radical (unpaired) electrons. The molecule has 1 nitrogen and oxygen atoms in total. The fraction of sp³-hybridized carbons (Fsp3) is 0.400. The molecule has 1 saturated heterocycles. The van der Waals surface area contributed by atoms with Crippen molar-refractivity contribution in [2.45, 2.75) is 27.7 Å². The van der Waals surface area contributed by atoms with Crippen molar-refractivity contribution in [3.8, 4) is 0 Å². The van der Waals surface area contributed by atoms with Gasteiger partial charge in [-0.05, 0) is 62.0 Å². The lowest BCUT2D eigenvalue weighted by Gasteiger charge is -2.38. The number of benzene rings is 2. The Bertz CT molecular complexity index is 704. The van der Waals surface area contributed by atoms with E-state index in [-0.39, 0.29) is 0 Å².